The van der Waals surface area contributed by atoms with Gasteiger partial charge in [-0.2, -0.15) is 0 Å². The predicted molar refractivity (Wildman–Crippen MR) is 22.2 cm³/mol. The van der Waals surface area contributed by atoms with Crippen molar-refractivity contribution in [3.8, 4) is 0 Å². The fourth-order valence-corrected chi connectivity index (χ4v) is 0. The Morgan fingerprint density at radius 3 is 1.83 bits per heavy atom. The molecule has 0 bridgehead atoms. The number of hydrogen-bond donors (Lipinski definition) is 0. The Morgan fingerprint density at radius 1 is 1.67 bits per heavy atom. The van der Waals surface area contributed by atoms with Gasteiger partial charge in [-0.15, -0.1) is 0 Å². The molecule has 3 nitrogen and oxygen atoms in total. The third kappa shape index (κ3) is 18.8. The second-order valence-electron chi connectivity index (χ2n) is 0.289. The monoisotopic (exact) mass is 283 g/mol. The first-order valence-corrected chi connectivity index (χ1v) is 0.847. The Labute approximate surface area is 78.9 Å². The molecule has 0 saturated heterocycles. The van der Waals surface area contributed by atoms with E-state index in [1.807, 2.05) is 0 Å². The van der Waals surface area contributed by atoms with Crippen LogP contribution in [0.25, 0.3) is 10.4 Å². The number of azide groups is 1. The molecule has 0 N–H and O–H groups in total. The molecule has 0 atom stereocenters. The summed E-state index contributed by atoms with van der Waals surface area (Å²) in [5.74, 6) is 0. The minimum atomic E-state index is 0. The molecule has 0 amide bonds. The van der Waals surface area contributed by atoms with Crippen LogP contribution in [0.4, 0.5) is 0 Å². The van der Waals surface area contributed by atoms with E-state index in [1.54, 1.807) is 0 Å². The summed E-state index contributed by atoms with van der Waals surface area (Å²) in [5, 5.41) is 2.92. The van der Waals surface area contributed by atoms with Crippen molar-refractivity contribution < 1.29 is 27.7 Å². The standard InChI is InChI=1S/CH3N3.Hg.Na.H/c1-3-4-2;;;/h1H3;;;. The Bertz CT molecular complexity index is 48.8. The van der Waals surface area contributed by atoms with E-state index in [2.05, 4.69) is 10.0 Å². The van der Waals surface area contributed by atoms with Crippen LogP contribution in [-0.4, -0.2) is 36.6 Å². The SMILES string of the molecule is CN=[N+]=[N-].[Hg].[NaH]. The molecule has 0 spiro atoms. The molecule has 0 radical (unpaired) electrons. The van der Waals surface area contributed by atoms with Crippen molar-refractivity contribution in [3.05, 3.63) is 10.4 Å². The van der Waals surface area contributed by atoms with E-state index in [0.717, 1.165) is 0 Å². The van der Waals surface area contributed by atoms with Crippen molar-refractivity contribution in [2.24, 2.45) is 5.11 Å². The van der Waals surface area contributed by atoms with Gasteiger partial charge in [-0.05, 0) is 5.53 Å². The molecule has 0 aliphatic rings. The molecule has 0 unspecified atom stereocenters. The molecule has 5 heteroatoms. The van der Waals surface area contributed by atoms with Crippen LogP contribution in [0.1, 0.15) is 0 Å². The molecule has 0 heterocycles. The van der Waals surface area contributed by atoms with Gasteiger partial charge >= 0.3 is 29.6 Å². The van der Waals surface area contributed by atoms with Gasteiger partial charge in [-0.25, -0.2) is 0 Å². The molecule has 0 aliphatic carbocycles. The van der Waals surface area contributed by atoms with E-state index in [0.29, 0.717) is 0 Å². The summed E-state index contributed by atoms with van der Waals surface area (Å²) in [4.78, 5) is 2.36. The average molecular weight is 282 g/mol. The van der Waals surface area contributed by atoms with Gasteiger partial charge in [-0.3, -0.25) is 0 Å². The van der Waals surface area contributed by atoms with Crippen molar-refractivity contribution in [2.75, 3.05) is 7.05 Å². The van der Waals surface area contributed by atoms with Crippen LogP contribution in [0.3, 0.4) is 0 Å². The molecule has 0 fully saturated rings. The Morgan fingerprint density at radius 2 is 1.83 bits per heavy atom. The van der Waals surface area contributed by atoms with Crippen molar-refractivity contribution in [1.29, 1.82) is 0 Å². The molecule has 0 rings (SSSR count). The first-order valence-electron chi connectivity index (χ1n) is 0.847. The van der Waals surface area contributed by atoms with Crippen LogP contribution in [-0.2, 0) is 27.7 Å². The van der Waals surface area contributed by atoms with Gasteiger partial charge < -0.3 is 0 Å². The fourth-order valence-electron chi connectivity index (χ4n) is 0. The molecule has 0 aromatic heterocycles. The van der Waals surface area contributed by atoms with E-state index in [4.69, 9.17) is 5.53 Å². The number of rotatable bonds is 0. The van der Waals surface area contributed by atoms with Crippen LogP contribution >= 0.6 is 0 Å². The third-order valence-electron chi connectivity index (χ3n) is 0.0894. The van der Waals surface area contributed by atoms with Crippen molar-refractivity contribution in [2.45, 2.75) is 0 Å². The second-order valence-corrected chi connectivity index (χ2v) is 0.289. The average Bonchev–Trinajstić information content (AvgIpc) is 1.37. The molecular formula is CH4HgN3Na. The Balaban J connectivity index is -0.0000000450. The zero-order valence-corrected chi connectivity index (χ0v) is 8.55. The topological polar surface area (TPSA) is 48.8 Å². The molecule has 26 valence electrons. The van der Waals surface area contributed by atoms with Crippen LogP contribution in [0, 0.1) is 0 Å². The van der Waals surface area contributed by atoms with E-state index in [1.165, 1.54) is 7.05 Å². The molecule has 0 aromatic carbocycles. The van der Waals surface area contributed by atoms with Crippen LogP contribution < -0.4 is 0 Å². The number of nitrogens with zero attached hydrogens (tertiary/aromatic N) is 3. The minimum absolute atomic E-state index is 0. The summed E-state index contributed by atoms with van der Waals surface area (Å²) < 4.78 is 0. The first-order chi connectivity index (χ1) is 1.91. The summed E-state index contributed by atoms with van der Waals surface area (Å²) in [6.45, 7) is 0. The third-order valence-corrected chi connectivity index (χ3v) is 0.0894. The van der Waals surface area contributed by atoms with Crippen molar-refractivity contribution in [3.63, 3.8) is 0 Å². The maximum atomic E-state index is 7.33. The zero-order chi connectivity index (χ0) is 3.41. The quantitative estimate of drug-likeness (QED) is 0.265. The predicted octanol–water partition coefficient (Wildman–Crippen LogP) is 0.276. The second kappa shape index (κ2) is 16.3. The summed E-state index contributed by atoms with van der Waals surface area (Å²) in [7, 11) is 1.39. The van der Waals surface area contributed by atoms with E-state index >= 15 is 0 Å². The Hall–Kier alpha value is 1.25. The number of hydrogen-bond acceptors (Lipinski definition) is 1. The summed E-state index contributed by atoms with van der Waals surface area (Å²) in [5.41, 5.74) is 7.33. The van der Waals surface area contributed by atoms with Crippen LogP contribution in [0.5, 0.6) is 0 Å². The first kappa shape index (κ1) is 15.7. The van der Waals surface area contributed by atoms with Gasteiger partial charge in [0.15, 0.2) is 0 Å². The molecule has 0 saturated carbocycles. The van der Waals surface area contributed by atoms with Crippen molar-refractivity contribution in [1.82, 2.24) is 0 Å². The van der Waals surface area contributed by atoms with E-state index in [9.17, 15) is 0 Å². The van der Waals surface area contributed by atoms with Crippen LogP contribution in [0.15, 0.2) is 5.11 Å². The van der Waals surface area contributed by atoms with Gasteiger partial charge in [0.05, 0.1) is 0 Å². The zero-order valence-electron chi connectivity index (χ0n) is 3.05. The van der Waals surface area contributed by atoms with Gasteiger partial charge in [-0.1, -0.05) is 5.11 Å². The van der Waals surface area contributed by atoms with Gasteiger partial charge in [0, 0.05) is 39.6 Å². The maximum absolute atomic E-state index is 7.33. The normalized spacial score (nSPS) is 2.83. The van der Waals surface area contributed by atoms with Gasteiger partial charge in [0.1, 0.15) is 0 Å². The summed E-state index contributed by atoms with van der Waals surface area (Å²) in [6, 6.07) is 0. The molecule has 0 aliphatic heterocycles. The summed E-state index contributed by atoms with van der Waals surface area (Å²) in [6.07, 6.45) is 0. The van der Waals surface area contributed by atoms with Gasteiger partial charge in [0.25, 0.3) is 0 Å². The van der Waals surface area contributed by atoms with Crippen LogP contribution in [0.2, 0.25) is 0 Å². The Kier molecular flexibility index (Phi) is 42.6. The van der Waals surface area contributed by atoms with Gasteiger partial charge in [0.2, 0.25) is 0 Å². The van der Waals surface area contributed by atoms with E-state index < -0.39 is 0 Å². The molecule has 0 aromatic rings. The molecular weight excluding hydrogens is 278 g/mol. The summed E-state index contributed by atoms with van der Waals surface area (Å²) >= 11 is 0. The molecule has 6 heavy (non-hydrogen) atoms. The van der Waals surface area contributed by atoms with E-state index in [-0.39, 0.29) is 57.2 Å². The van der Waals surface area contributed by atoms with Crippen molar-refractivity contribution >= 4 is 29.6 Å². The fraction of sp³-hybridized carbons (Fsp3) is 1.00.